The number of carbonyl (C=O) groups excluding carboxylic acids is 2. The number of likely N-dealkylation sites (N-methyl/N-ethyl adjacent to an activating group) is 1. The maximum absolute atomic E-state index is 12.1. The Labute approximate surface area is 146 Å². The summed E-state index contributed by atoms with van der Waals surface area (Å²) in [6.07, 6.45) is 1.44. The average Bonchev–Trinajstić information content (AvgIpc) is 2.46. The highest BCUT2D eigenvalue weighted by Gasteiger charge is 2.30. The van der Waals surface area contributed by atoms with Gasteiger partial charge in [-0.05, 0) is 65.5 Å². The van der Waals surface area contributed by atoms with E-state index in [2.05, 4.69) is 5.32 Å². The van der Waals surface area contributed by atoms with E-state index in [1.54, 1.807) is 19.1 Å². The van der Waals surface area contributed by atoms with Crippen LogP contribution in [-0.4, -0.2) is 40.6 Å². The molecule has 1 aliphatic rings. The van der Waals surface area contributed by atoms with Crippen LogP contribution < -0.4 is 10.1 Å². The molecule has 2 rings (SSSR count). The number of carbonyl (C=O) groups is 2. The molecule has 0 aromatic heterocycles. The summed E-state index contributed by atoms with van der Waals surface area (Å²) in [7, 11) is 1.49. The highest BCUT2D eigenvalue weighted by molar-refractivity contribution is 14.1. The van der Waals surface area contributed by atoms with E-state index in [1.165, 1.54) is 18.0 Å². The number of benzene rings is 1. The first-order chi connectivity index (χ1) is 10.3. The number of halogens is 1. The molecular weight excluding hydrogens is 419 g/mol. The summed E-state index contributed by atoms with van der Waals surface area (Å²) in [6, 6.07) is 3.22. The molecule has 1 aliphatic heterocycles. The number of hydrogen-bond acceptors (Lipinski definition) is 5. The van der Waals surface area contributed by atoms with Crippen LogP contribution in [-0.2, 0) is 9.59 Å². The normalized spacial score (nSPS) is 17.0. The molecule has 0 aliphatic carbocycles. The van der Waals surface area contributed by atoms with Gasteiger partial charge in [0.15, 0.2) is 16.6 Å². The minimum atomic E-state index is -0.547. The van der Waals surface area contributed by atoms with Crippen LogP contribution in [0.1, 0.15) is 12.5 Å². The molecule has 1 saturated heterocycles. The average molecular weight is 432 g/mol. The standard InChI is InChI=1S/C14H13IN2O4S/c1-3-21-10-6-7(5-9(15)11(10)18)4-8-12(19)16-14(22)17(2)13(8)20/h4-6,18H,3H2,1-2H3,(H,16,19,22)/b8-4+. The monoisotopic (exact) mass is 432 g/mol. The van der Waals surface area contributed by atoms with E-state index in [4.69, 9.17) is 17.0 Å². The van der Waals surface area contributed by atoms with E-state index in [0.29, 0.717) is 21.5 Å². The molecule has 1 aromatic rings. The van der Waals surface area contributed by atoms with E-state index >= 15 is 0 Å². The van der Waals surface area contributed by atoms with Gasteiger partial charge in [-0.3, -0.25) is 19.8 Å². The van der Waals surface area contributed by atoms with Gasteiger partial charge in [0.05, 0.1) is 10.2 Å². The molecule has 0 unspecified atom stereocenters. The number of ether oxygens (including phenoxy) is 1. The van der Waals surface area contributed by atoms with Crippen LogP contribution in [0.5, 0.6) is 11.5 Å². The first-order valence-corrected chi connectivity index (χ1v) is 7.84. The number of nitrogens with zero attached hydrogens (tertiary/aromatic N) is 1. The van der Waals surface area contributed by atoms with Gasteiger partial charge in [-0.1, -0.05) is 0 Å². The van der Waals surface area contributed by atoms with E-state index < -0.39 is 11.8 Å². The number of amides is 2. The number of hydrogen-bond donors (Lipinski definition) is 2. The van der Waals surface area contributed by atoms with E-state index in [-0.39, 0.29) is 16.4 Å². The number of thiocarbonyl (C=S) groups is 1. The number of phenols is 1. The van der Waals surface area contributed by atoms with E-state index in [1.807, 2.05) is 22.6 Å². The van der Waals surface area contributed by atoms with Crippen LogP contribution >= 0.6 is 34.8 Å². The summed E-state index contributed by atoms with van der Waals surface area (Å²) in [5.41, 5.74) is 0.547. The molecule has 2 amide bonds. The SMILES string of the molecule is CCOc1cc(/C=C2\C(=O)NC(=S)N(C)C2=O)cc(I)c1O. The highest BCUT2D eigenvalue weighted by Crippen LogP contribution is 2.33. The van der Waals surface area contributed by atoms with Crippen molar-refractivity contribution in [2.75, 3.05) is 13.7 Å². The third kappa shape index (κ3) is 3.22. The summed E-state index contributed by atoms with van der Waals surface area (Å²) in [6.45, 7) is 2.19. The number of aromatic hydroxyl groups is 1. The fourth-order valence-corrected chi connectivity index (χ4v) is 2.66. The Bertz CT molecular complexity index is 702. The van der Waals surface area contributed by atoms with Crippen LogP contribution in [0.2, 0.25) is 0 Å². The van der Waals surface area contributed by atoms with Gasteiger partial charge in [0.25, 0.3) is 11.8 Å². The maximum atomic E-state index is 12.1. The molecule has 8 heteroatoms. The minimum Gasteiger partial charge on any atom is -0.504 e. The van der Waals surface area contributed by atoms with Gasteiger partial charge < -0.3 is 9.84 Å². The first kappa shape index (κ1) is 16.7. The van der Waals surface area contributed by atoms with Crippen molar-refractivity contribution < 1.29 is 19.4 Å². The van der Waals surface area contributed by atoms with Crippen molar-refractivity contribution in [1.82, 2.24) is 10.2 Å². The Morgan fingerprint density at radius 1 is 1.45 bits per heavy atom. The van der Waals surface area contributed by atoms with E-state index in [9.17, 15) is 14.7 Å². The lowest BCUT2D eigenvalue weighted by Crippen LogP contribution is -2.52. The van der Waals surface area contributed by atoms with Gasteiger partial charge in [0, 0.05) is 7.05 Å². The molecule has 0 bridgehead atoms. The topological polar surface area (TPSA) is 78.9 Å². The van der Waals surface area contributed by atoms with Crippen LogP contribution in [0.3, 0.4) is 0 Å². The number of nitrogens with one attached hydrogen (secondary N) is 1. The van der Waals surface area contributed by atoms with E-state index in [0.717, 1.165) is 0 Å². The second kappa shape index (κ2) is 6.61. The predicted octanol–water partition coefficient (Wildman–Crippen LogP) is 1.65. The fraction of sp³-hybridized carbons (Fsp3) is 0.214. The van der Waals surface area contributed by atoms with Crippen LogP contribution in [0.15, 0.2) is 17.7 Å². The second-order valence-corrected chi connectivity index (χ2v) is 6.01. The minimum absolute atomic E-state index is 0.0277. The van der Waals surface area contributed by atoms with Gasteiger partial charge in [-0.25, -0.2) is 0 Å². The zero-order valence-electron chi connectivity index (χ0n) is 11.8. The second-order valence-electron chi connectivity index (χ2n) is 4.46. The van der Waals surface area contributed by atoms with Gasteiger partial charge in [-0.2, -0.15) is 0 Å². The van der Waals surface area contributed by atoms with Gasteiger partial charge >= 0.3 is 0 Å². The molecule has 1 aromatic carbocycles. The molecule has 116 valence electrons. The lowest BCUT2D eigenvalue weighted by Gasteiger charge is -2.25. The molecule has 0 saturated carbocycles. The largest absolute Gasteiger partial charge is 0.504 e. The molecule has 22 heavy (non-hydrogen) atoms. The molecule has 1 heterocycles. The molecule has 6 nitrogen and oxygen atoms in total. The van der Waals surface area contributed by atoms with Crippen molar-refractivity contribution in [3.05, 3.63) is 26.8 Å². The predicted molar refractivity (Wildman–Crippen MR) is 93.5 cm³/mol. The lowest BCUT2D eigenvalue weighted by molar-refractivity contribution is -0.128. The molecule has 0 radical (unpaired) electrons. The zero-order chi connectivity index (χ0) is 16.4. The van der Waals surface area contributed by atoms with Crippen LogP contribution in [0.4, 0.5) is 0 Å². The van der Waals surface area contributed by atoms with Crippen molar-refractivity contribution in [3.63, 3.8) is 0 Å². The highest BCUT2D eigenvalue weighted by atomic mass is 127. The zero-order valence-corrected chi connectivity index (χ0v) is 14.8. The number of rotatable bonds is 3. The summed E-state index contributed by atoms with van der Waals surface area (Å²) in [5.74, 6) is -0.694. The summed E-state index contributed by atoms with van der Waals surface area (Å²) in [5, 5.41) is 12.4. The molecule has 1 fully saturated rings. The fourth-order valence-electron chi connectivity index (χ4n) is 1.85. The Kier molecular flexibility index (Phi) is 5.01. The van der Waals surface area contributed by atoms with Gasteiger partial charge in [0.1, 0.15) is 5.57 Å². The molecule has 0 spiro atoms. The Morgan fingerprint density at radius 3 is 2.77 bits per heavy atom. The Morgan fingerprint density at radius 2 is 2.14 bits per heavy atom. The summed E-state index contributed by atoms with van der Waals surface area (Å²) < 4.78 is 5.90. The third-order valence-corrected chi connectivity index (χ3v) is 4.16. The third-order valence-electron chi connectivity index (χ3n) is 2.97. The van der Waals surface area contributed by atoms with Crippen molar-refractivity contribution >= 4 is 57.8 Å². The quantitative estimate of drug-likeness (QED) is 0.329. The molecule has 0 atom stereocenters. The van der Waals surface area contributed by atoms with Crippen molar-refractivity contribution in [1.29, 1.82) is 0 Å². The van der Waals surface area contributed by atoms with Crippen LogP contribution in [0, 0.1) is 3.57 Å². The summed E-state index contributed by atoms with van der Waals surface area (Å²) in [4.78, 5) is 25.3. The van der Waals surface area contributed by atoms with Crippen molar-refractivity contribution in [2.45, 2.75) is 6.92 Å². The van der Waals surface area contributed by atoms with Gasteiger partial charge in [-0.15, -0.1) is 0 Å². The lowest BCUT2D eigenvalue weighted by atomic mass is 10.1. The first-order valence-electron chi connectivity index (χ1n) is 6.35. The molecule has 2 N–H and O–H groups in total. The molecular formula is C14H13IN2O4S. The van der Waals surface area contributed by atoms with Crippen molar-refractivity contribution in [2.24, 2.45) is 0 Å². The maximum Gasteiger partial charge on any atom is 0.265 e. The smallest absolute Gasteiger partial charge is 0.265 e. The Hall–Kier alpha value is -1.68. The van der Waals surface area contributed by atoms with Crippen LogP contribution in [0.25, 0.3) is 6.08 Å². The Balaban J connectivity index is 2.46. The van der Waals surface area contributed by atoms with Crippen molar-refractivity contribution in [3.8, 4) is 11.5 Å². The summed E-state index contributed by atoms with van der Waals surface area (Å²) >= 11 is 6.84. The number of phenolic OH excluding ortho intramolecular Hbond substituents is 1. The van der Waals surface area contributed by atoms with Gasteiger partial charge in [0.2, 0.25) is 0 Å².